The molecule has 0 aliphatic heterocycles. The summed E-state index contributed by atoms with van der Waals surface area (Å²) in [6, 6.07) is 14.1. The molecule has 0 spiro atoms. The molecule has 3 nitrogen and oxygen atoms in total. The van der Waals surface area contributed by atoms with Crippen LogP contribution in [-0.2, 0) is 4.79 Å². The van der Waals surface area contributed by atoms with Crippen LogP contribution in [0.4, 0.5) is 11.4 Å². The average molecular weight is 300 g/mol. The fourth-order valence-electron chi connectivity index (χ4n) is 2.17. The van der Waals surface area contributed by atoms with Crippen LogP contribution in [0.3, 0.4) is 0 Å². The lowest BCUT2D eigenvalue weighted by atomic mass is 10.1. The number of rotatable bonds is 5. The molecule has 2 N–H and O–H groups in total. The van der Waals surface area contributed by atoms with Crippen LogP contribution >= 0.6 is 11.8 Å². The minimum Gasteiger partial charge on any atom is -0.376 e. The van der Waals surface area contributed by atoms with Crippen molar-refractivity contribution in [1.82, 2.24) is 0 Å². The molecule has 2 aromatic carbocycles. The third-order valence-corrected chi connectivity index (χ3v) is 3.75. The van der Waals surface area contributed by atoms with Gasteiger partial charge in [0.25, 0.3) is 0 Å². The Bertz CT molecular complexity index is 620. The fraction of sp³-hybridized carbons (Fsp3) is 0.235. The van der Waals surface area contributed by atoms with Gasteiger partial charge in [-0.1, -0.05) is 12.1 Å². The maximum Gasteiger partial charge on any atom is 0.243 e. The van der Waals surface area contributed by atoms with Gasteiger partial charge in [-0.25, -0.2) is 0 Å². The summed E-state index contributed by atoms with van der Waals surface area (Å²) in [6.45, 7) is 4.30. The van der Waals surface area contributed by atoms with Crippen LogP contribution in [0, 0.1) is 13.8 Å². The molecule has 4 heteroatoms. The van der Waals surface area contributed by atoms with Gasteiger partial charge in [0, 0.05) is 16.3 Å². The molecule has 1 amide bonds. The normalized spacial score (nSPS) is 10.2. The van der Waals surface area contributed by atoms with Crippen molar-refractivity contribution in [3.8, 4) is 0 Å². The molecule has 0 heterocycles. The molecule has 2 aromatic rings. The number of anilines is 2. The summed E-state index contributed by atoms with van der Waals surface area (Å²) >= 11 is 1.68. The highest BCUT2D eigenvalue weighted by atomic mass is 32.2. The van der Waals surface area contributed by atoms with Gasteiger partial charge in [0.2, 0.25) is 5.91 Å². The van der Waals surface area contributed by atoms with E-state index in [2.05, 4.69) is 16.7 Å². The van der Waals surface area contributed by atoms with Crippen LogP contribution in [-0.4, -0.2) is 18.7 Å². The Kier molecular flexibility index (Phi) is 5.28. The van der Waals surface area contributed by atoms with Crippen LogP contribution in [0.2, 0.25) is 0 Å². The molecule has 0 saturated heterocycles. The number of thioether (sulfide) groups is 1. The zero-order valence-electron chi connectivity index (χ0n) is 12.6. The van der Waals surface area contributed by atoms with Gasteiger partial charge in [-0.05, 0) is 61.6 Å². The maximum absolute atomic E-state index is 12.0. The Balaban J connectivity index is 1.92. The number of carbonyl (C=O) groups excluding carboxylic acids is 1. The molecule has 0 aromatic heterocycles. The maximum atomic E-state index is 12.0. The Hall–Kier alpha value is -1.94. The quantitative estimate of drug-likeness (QED) is 0.818. The largest absolute Gasteiger partial charge is 0.376 e. The third-order valence-electron chi connectivity index (χ3n) is 3.03. The van der Waals surface area contributed by atoms with Crippen molar-refractivity contribution in [1.29, 1.82) is 0 Å². The SMILES string of the molecule is CSc1cccc(NCC(=O)Nc2cc(C)cc(C)c2)c1. The third kappa shape index (κ3) is 4.83. The topological polar surface area (TPSA) is 41.1 Å². The minimum absolute atomic E-state index is 0.0467. The molecule has 0 bridgehead atoms. The lowest BCUT2D eigenvalue weighted by Crippen LogP contribution is -2.21. The lowest BCUT2D eigenvalue weighted by molar-refractivity contribution is -0.114. The second kappa shape index (κ2) is 7.18. The van der Waals surface area contributed by atoms with Crippen LogP contribution in [0.25, 0.3) is 0 Å². The lowest BCUT2D eigenvalue weighted by Gasteiger charge is -2.10. The number of benzene rings is 2. The van der Waals surface area contributed by atoms with E-state index in [0.29, 0.717) is 0 Å². The van der Waals surface area contributed by atoms with E-state index in [1.165, 1.54) is 4.90 Å². The molecule has 0 saturated carbocycles. The van der Waals surface area contributed by atoms with E-state index in [-0.39, 0.29) is 12.5 Å². The van der Waals surface area contributed by atoms with Gasteiger partial charge in [0.15, 0.2) is 0 Å². The first-order valence-electron chi connectivity index (χ1n) is 6.83. The van der Waals surface area contributed by atoms with Crippen molar-refractivity contribution >= 4 is 29.0 Å². The Morgan fingerprint density at radius 2 is 1.76 bits per heavy atom. The van der Waals surface area contributed by atoms with Crippen molar-refractivity contribution in [3.05, 3.63) is 53.6 Å². The second-order valence-corrected chi connectivity index (χ2v) is 5.89. The summed E-state index contributed by atoms with van der Waals surface area (Å²) in [5.74, 6) is -0.0467. The molecule has 21 heavy (non-hydrogen) atoms. The van der Waals surface area contributed by atoms with Gasteiger partial charge in [0.05, 0.1) is 6.54 Å². The first kappa shape index (κ1) is 15.4. The molecule has 0 aliphatic carbocycles. The van der Waals surface area contributed by atoms with Gasteiger partial charge >= 0.3 is 0 Å². The number of aryl methyl sites for hydroxylation is 2. The van der Waals surface area contributed by atoms with E-state index >= 15 is 0 Å². The van der Waals surface area contributed by atoms with E-state index in [9.17, 15) is 4.79 Å². The highest BCUT2D eigenvalue weighted by molar-refractivity contribution is 7.98. The highest BCUT2D eigenvalue weighted by Gasteiger charge is 2.03. The van der Waals surface area contributed by atoms with Gasteiger partial charge in [0.1, 0.15) is 0 Å². The summed E-state index contributed by atoms with van der Waals surface area (Å²) in [5.41, 5.74) is 4.09. The van der Waals surface area contributed by atoms with Crippen molar-refractivity contribution in [2.24, 2.45) is 0 Å². The Labute approximate surface area is 130 Å². The first-order chi connectivity index (χ1) is 10.1. The molecule has 110 valence electrons. The van der Waals surface area contributed by atoms with Gasteiger partial charge in [-0.2, -0.15) is 0 Å². The molecule has 0 fully saturated rings. The van der Waals surface area contributed by atoms with E-state index in [1.807, 2.05) is 56.5 Å². The van der Waals surface area contributed by atoms with Crippen LogP contribution in [0.15, 0.2) is 47.4 Å². The number of carbonyl (C=O) groups is 1. The summed E-state index contributed by atoms with van der Waals surface area (Å²) in [7, 11) is 0. The fourth-order valence-corrected chi connectivity index (χ4v) is 2.63. The van der Waals surface area contributed by atoms with Crippen molar-refractivity contribution in [3.63, 3.8) is 0 Å². The monoisotopic (exact) mass is 300 g/mol. The van der Waals surface area contributed by atoms with E-state index < -0.39 is 0 Å². The average Bonchev–Trinajstić information content (AvgIpc) is 2.44. The number of amides is 1. The molecule has 0 radical (unpaired) electrons. The highest BCUT2D eigenvalue weighted by Crippen LogP contribution is 2.19. The van der Waals surface area contributed by atoms with Crippen LogP contribution in [0.1, 0.15) is 11.1 Å². The van der Waals surface area contributed by atoms with E-state index in [0.717, 1.165) is 22.5 Å². The van der Waals surface area contributed by atoms with Crippen molar-refractivity contribution < 1.29 is 4.79 Å². The summed E-state index contributed by atoms with van der Waals surface area (Å²) in [5, 5.41) is 6.06. The Morgan fingerprint density at radius 1 is 1.05 bits per heavy atom. The van der Waals surface area contributed by atoms with E-state index in [1.54, 1.807) is 11.8 Å². The molecule has 0 atom stereocenters. The number of hydrogen-bond acceptors (Lipinski definition) is 3. The number of hydrogen-bond donors (Lipinski definition) is 2. The molecule has 0 aliphatic rings. The van der Waals surface area contributed by atoms with Gasteiger partial charge in [-0.3, -0.25) is 4.79 Å². The predicted octanol–water partition coefficient (Wildman–Crippen LogP) is 4.08. The van der Waals surface area contributed by atoms with Crippen molar-refractivity contribution in [2.75, 3.05) is 23.4 Å². The molecular formula is C17H20N2OS. The van der Waals surface area contributed by atoms with Gasteiger partial charge in [-0.15, -0.1) is 11.8 Å². The first-order valence-corrected chi connectivity index (χ1v) is 8.05. The van der Waals surface area contributed by atoms with Crippen LogP contribution in [0.5, 0.6) is 0 Å². The van der Waals surface area contributed by atoms with Crippen LogP contribution < -0.4 is 10.6 Å². The van der Waals surface area contributed by atoms with Gasteiger partial charge < -0.3 is 10.6 Å². The smallest absolute Gasteiger partial charge is 0.243 e. The summed E-state index contributed by atoms with van der Waals surface area (Å²) in [4.78, 5) is 13.2. The summed E-state index contributed by atoms with van der Waals surface area (Å²) in [6.07, 6.45) is 2.03. The predicted molar refractivity (Wildman–Crippen MR) is 91.3 cm³/mol. The van der Waals surface area contributed by atoms with E-state index in [4.69, 9.17) is 0 Å². The summed E-state index contributed by atoms with van der Waals surface area (Å²) < 4.78 is 0. The second-order valence-electron chi connectivity index (χ2n) is 5.01. The molecular weight excluding hydrogens is 280 g/mol. The van der Waals surface area contributed by atoms with Crippen molar-refractivity contribution in [2.45, 2.75) is 18.7 Å². The minimum atomic E-state index is -0.0467. The zero-order chi connectivity index (χ0) is 15.2. The Morgan fingerprint density at radius 3 is 2.43 bits per heavy atom. The number of nitrogens with one attached hydrogen (secondary N) is 2. The zero-order valence-corrected chi connectivity index (χ0v) is 13.4. The molecule has 2 rings (SSSR count). The molecule has 0 unspecified atom stereocenters. The standard InChI is InChI=1S/C17H20N2OS/c1-12-7-13(2)9-15(8-12)19-17(20)11-18-14-5-4-6-16(10-14)21-3/h4-10,18H,11H2,1-3H3,(H,19,20).